The van der Waals surface area contributed by atoms with E-state index in [9.17, 15) is 0 Å². The summed E-state index contributed by atoms with van der Waals surface area (Å²) in [6.45, 7) is 11.9. The van der Waals surface area contributed by atoms with Crippen LogP contribution in [-0.2, 0) is 0 Å². The summed E-state index contributed by atoms with van der Waals surface area (Å²) in [6, 6.07) is 11.0. The SMILES string of the molecule is C=C1CCC[C@@H]2[C@@](C)(Sc3ccccc3)[C@H](C)CC[C@@]12C. The van der Waals surface area contributed by atoms with E-state index in [2.05, 4.69) is 69.4 Å². The van der Waals surface area contributed by atoms with E-state index in [0.29, 0.717) is 10.2 Å². The van der Waals surface area contributed by atoms with Gasteiger partial charge in [-0.2, -0.15) is 0 Å². The van der Waals surface area contributed by atoms with Crippen LogP contribution in [0.15, 0.2) is 47.4 Å². The number of allylic oxidation sites excluding steroid dienone is 1. The standard InChI is InChI=1S/C20H28S/c1-15-9-8-12-18-19(15,3)14-13-16(2)20(18,4)21-17-10-6-5-7-11-17/h5-7,10-11,16,18H,1,8-9,12-14H2,2-4H3/t16-,18+,19+,20+/m1/s1. The molecule has 21 heavy (non-hydrogen) atoms. The van der Waals surface area contributed by atoms with E-state index in [1.807, 2.05) is 0 Å². The Hall–Kier alpha value is -0.690. The molecular weight excluding hydrogens is 272 g/mol. The molecule has 2 aliphatic carbocycles. The third-order valence-electron chi connectivity index (χ3n) is 6.40. The van der Waals surface area contributed by atoms with Crippen LogP contribution in [-0.4, -0.2) is 4.75 Å². The predicted molar refractivity (Wildman–Crippen MR) is 93.7 cm³/mol. The van der Waals surface area contributed by atoms with Crippen LogP contribution in [0.2, 0.25) is 0 Å². The van der Waals surface area contributed by atoms with Crippen LogP contribution in [0.3, 0.4) is 0 Å². The Morgan fingerprint density at radius 1 is 1.14 bits per heavy atom. The van der Waals surface area contributed by atoms with E-state index in [-0.39, 0.29) is 0 Å². The highest BCUT2D eigenvalue weighted by Crippen LogP contribution is 2.62. The fraction of sp³-hybridized carbons (Fsp3) is 0.600. The van der Waals surface area contributed by atoms with Gasteiger partial charge in [0.05, 0.1) is 0 Å². The molecule has 1 heteroatoms. The number of benzene rings is 1. The zero-order valence-corrected chi connectivity index (χ0v) is 14.5. The summed E-state index contributed by atoms with van der Waals surface area (Å²) >= 11 is 2.12. The van der Waals surface area contributed by atoms with Gasteiger partial charge in [-0.05, 0) is 68.4 Å². The van der Waals surface area contributed by atoms with Gasteiger partial charge in [-0.1, -0.05) is 44.2 Å². The van der Waals surface area contributed by atoms with Gasteiger partial charge in [-0.25, -0.2) is 0 Å². The van der Waals surface area contributed by atoms with Crippen molar-refractivity contribution in [3.63, 3.8) is 0 Å². The van der Waals surface area contributed by atoms with Crippen LogP contribution in [0, 0.1) is 17.3 Å². The van der Waals surface area contributed by atoms with Gasteiger partial charge < -0.3 is 0 Å². The zero-order valence-electron chi connectivity index (χ0n) is 13.7. The van der Waals surface area contributed by atoms with Gasteiger partial charge in [0.1, 0.15) is 0 Å². The maximum absolute atomic E-state index is 4.46. The van der Waals surface area contributed by atoms with Crippen molar-refractivity contribution in [2.45, 2.75) is 62.5 Å². The first-order valence-corrected chi connectivity index (χ1v) is 9.21. The van der Waals surface area contributed by atoms with E-state index >= 15 is 0 Å². The summed E-state index contributed by atoms with van der Waals surface area (Å²) < 4.78 is 0.331. The second-order valence-electron chi connectivity index (χ2n) is 7.50. The molecule has 114 valence electrons. The van der Waals surface area contributed by atoms with Crippen molar-refractivity contribution in [2.24, 2.45) is 17.3 Å². The Morgan fingerprint density at radius 2 is 1.86 bits per heavy atom. The van der Waals surface area contributed by atoms with E-state index in [1.54, 1.807) is 0 Å². The fourth-order valence-electron chi connectivity index (χ4n) is 4.70. The van der Waals surface area contributed by atoms with Gasteiger partial charge >= 0.3 is 0 Å². The van der Waals surface area contributed by atoms with Crippen molar-refractivity contribution < 1.29 is 0 Å². The molecular formula is C20H28S. The lowest BCUT2D eigenvalue weighted by Gasteiger charge is -2.58. The van der Waals surface area contributed by atoms with E-state index in [1.165, 1.54) is 42.6 Å². The minimum Gasteiger partial charge on any atom is -0.119 e. The van der Waals surface area contributed by atoms with Crippen molar-refractivity contribution in [1.29, 1.82) is 0 Å². The first kappa shape index (κ1) is 15.2. The first-order valence-electron chi connectivity index (χ1n) is 8.39. The van der Waals surface area contributed by atoms with Crippen LogP contribution < -0.4 is 0 Å². The number of hydrogen-bond acceptors (Lipinski definition) is 1. The molecule has 0 heterocycles. The largest absolute Gasteiger partial charge is 0.119 e. The van der Waals surface area contributed by atoms with Crippen LogP contribution in [0.25, 0.3) is 0 Å². The predicted octanol–water partition coefficient (Wildman–Crippen LogP) is 6.33. The van der Waals surface area contributed by atoms with Crippen LogP contribution in [0.4, 0.5) is 0 Å². The summed E-state index contributed by atoms with van der Waals surface area (Å²) in [7, 11) is 0. The summed E-state index contributed by atoms with van der Waals surface area (Å²) in [6.07, 6.45) is 6.62. The molecule has 4 atom stereocenters. The van der Waals surface area contributed by atoms with E-state index < -0.39 is 0 Å². The molecule has 0 unspecified atom stereocenters. The minimum atomic E-state index is 0.331. The fourth-order valence-corrected chi connectivity index (χ4v) is 6.34. The topological polar surface area (TPSA) is 0 Å². The zero-order chi connectivity index (χ0) is 15.1. The molecule has 0 amide bonds. The van der Waals surface area contributed by atoms with Crippen LogP contribution >= 0.6 is 11.8 Å². The highest BCUT2D eigenvalue weighted by Gasteiger charge is 2.54. The summed E-state index contributed by atoms with van der Waals surface area (Å²) in [4.78, 5) is 1.42. The average molecular weight is 301 g/mol. The number of thioether (sulfide) groups is 1. The Bertz CT molecular complexity index is 520. The number of hydrogen-bond donors (Lipinski definition) is 0. The van der Waals surface area contributed by atoms with Crippen molar-refractivity contribution >= 4 is 11.8 Å². The highest BCUT2D eigenvalue weighted by molar-refractivity contribution is 8.00. The minimum absolute atomic E-state index is 0.331. The normalized spacial score (nSPS) is 39.9. The molecule has 1 aromatic rings. The monoisotopic (exact) mass is 300 g/mol. The molecule has 2 fully saturated rings. The third-order valence-corrected chi connectivity index (χ3v) is 8.03. The van der Waals surface area contributed by atoms with Gasteiger partial charge in [0.15, 0.2) is 0 Å². The molecule has 2 saturated carbocycles. The molecule has 0 saturated heterocycles. The van der Waals surface area contributed by atoms with Gasteiger partial charge in [0.2, 0.25) is 0 Å². The lowest BCUT2D eigenvalue weighted by Crippen LogP contribution is -2.52. The van der Waals surface area contributed by atoms with Gasteiger partial charge in [-0.3, -0.25) is 0 Å². The maximum Gasteiger partial charge on any atom is 0.0241 e. The van der Waals surface area contributed by atoms with Crippen LogP contribution in [0.1, 0.15) is 52.9 Å². The smallest absolute Gasteiger partial charge is 0.0241 e. The van der Waals surface area contributed by atoms with Crippen LogP contribution in [0.5, 0.6) is 0 Å². The molecule has 0 radical (unpaired) electrons. The third kappa shape index (κ3) is 2.48. The van der Waals surface area contributed by atoms with Crippen molar-refractivity contribution in [2.75, 3.05) is 0 Å². The molecule has 3 rings (SSSR count). The average Bonchev–Trinajstić information content (AvgIpc) is 2.47. The quantitative estimate of drug-likeness (QED) is 0.575. The molecule has 0 N–H and O–H groups in total. The van der Waals surface area contributed by atoms with E-state index in [4.69, 9.17) is 0 Å². The number of rotatable bonds is 2. The highest BCUT2D eigenvalue weighted by atomic mass is 32.2. The van der Waals surface area contributed by atoms with Crippen molar-refractivity contribution in [1.82, 2.24) is 0 Å². The maximum atomic E-state index is 4.46. The summed E-state index contributed by atoms with van der Waals surface area (Å²) in [5.41, 5.74) is 1.88. The Labute approximate surface area is 134 Å². The van der Waals surface area contributed by atoms with E-state index in [0.717, 1.165) is 11.8 Å². The Kier molecular flexibility index (Phi) is 3.98. The second kappa shape index (κ2) is 5.50. The lowest BCUT2D eigenvalue weighted by molar-refractivity contribution is 0.0554. The summed E-state index contributed by atoms with van der Waals surface area (Å²) in [5, 5.41) is 0. The summed E-state index contributed by atoms with van der Waals surface area (Å²) in [5.74, 6) is 1.53. The van der Waals surface area contributed by atoms with Crippen molar-refractivity contribution in [3.05, 3.63) is 42.5 Å². The van der Waals surface area contributed by atoms with Gasteiger partial charge in [-0.15, -0.1) is 11.8 Å². The molecule has 0 bridgehead atoms. The molecule has 0 spiro atoms. The van der Waals surface area contributed by atoms with Crippen molar-refractivity contribution in [3.8, 4) is 0 Å². The molecule has 1 aromatic carbocycles. The van der Waals surface area contributed by atoms with Gasteiger partial charge in [0, 0.05) is 9.64 Å². The molecule has 2 aliphatic rings. The Balaban J connectivity index is 1.95. The molecule has 0 aliphatic heterocycles. The second-order valence-corrected chi connectivity index (χ2v) is 9.06. The Morgan fingerprint density at radius 3 is 2.57 bits per heavy atom. The number of fused-ring (bicyclic) bond motifs is 1. The first-order chi connectivity index (χ1) is 9.97. The molecule has 0 aromatic heterocycles. The van der Waals surface area contributed by atoms with Gasteiger partial charge in [0.25, 0.3) is 0 Å². The molecule has 0 nitrogen and oxygen atoms in total. The lowest BCUT2D eigenvalue weighted by atomic mass is 9.53.